The summed E-state index contributed by atoms with van der Waals surface area (Å²) in [7, 11) is -1.58. The molecule has 1 saturated heterocycles. The van der Waals surface area contributed by atoms with E-state index in [1.54, 1.807) is 30.3 Å². The van der Waals surface area contributed by atoms with Crippen molar-refractivity contribution < 1.29 is 8.42 Å². The molecule has 0 spiro atoms. The monoisotopic (exact) mass is 461 g/mol. The Bertz CT molecular complexity index is 1360. The van der Waals surface area contributed by atoms with Gasteiger partial charge in [0.15, 0.2) is 0 Å². The van der Waals surface area contributed by atoms with Crippen molar-refractivity contribution in [2.24, 2.45) is 7.05 Å². The van der Waals surface area contributed by atoms with Crippen LogP contribution in [0.3, 0.4) is 0 Å². The number of anilines is 2. The zero-order chi connectivity index (χ0) is 22.8. The number of piperazine rings is 1. The Hall–Kier alpha value is -3.36. The molecular formula is C25H27N5O2S. The highest BCUT2D eigenvalue weighted by Crippen LogP contribution is 2.29. The molecule has 0 saturated carbocycles. The Morgan fingerprint density at radius 3 is 2.27 bits per heavy atom. The summed E-state index contributed by atoms with van der Waals surface area (Å²) in [6.45, 7) is 4.18. The van der Waals surface area contributed by atoms with Crippen molar-refractivity contribution in [3.05, 3.63) is 84.7 Å². The van der Waals surface area contributed by atoms with E-state index in [0.717, 1.165) is 55.3 Å². The minimum Gasteiger partial charge on any atom is -0.367 e. The van der Waals surface area contributed by atoms with Crippen LogP contribution in [-0.2, 0) is 23.6 Å². The van der Waals surface area contributed by atoms with Gasteiger partial charge >= 0.3 is 0 Å². The first-order valence-corrected chi connectivity index (χ1v) is 12.5. The van der Waals surface area contributed by atoms with Crippen LogP contribution in [-0.4, -0.2) is 49.0 Å². The van der Waals surface area contributed by atoms with E-state index < -0.39 is 10.0 Å². The van der Waals surface area contributed by atoms with E-state index in [1.807, 2.05) is 42.5 Å². The van der Waals surface area contributed by atoms with E-state index in [9.17, 15) is 8.42 Å². The molecule has 1 aliphatic rings. The van der Waals surface area contributed by atoms with Crippen LogP contribution in [0.15, 0.2) is 83.8 Å². The summed E-state index contributed by atoms with van der Waals surface area (Å²) in [5.41, 5.74) is 3.67. The topological polar surface area (TPSA) is 70.5 Å². The second-order valence-corrected chi connectivity index (χ2v) is 9.96. The molecule has 4 aromatic rings. The fourth-order valence-electron chi connectivity index (χ4n) is 4.32. The number of nitrogens with one attached hydrogen (secondary N) is 1. The molecule has 1 aromatic heterocycles. The predicted molar refractivity (Wildman–Crippen MR) is 132 cm³/mol. The number of rotatable bonds is 6. The average Bonchev–Trinajstić information content (AvgIpc) is 3.16. The molecule has 1 aliphatic heterocycles. The molecule has 3 aromatic carbocycles. The van der Waals surface area contributed by atoms with Crippen molar-refractivity contribution in [1.82, 2.24) is 14.5 Å². The van der Waals surface area contributed by atoms with Crippen molar-refractivity contribution in [2.75, 3.05) is 35.8 Å². The average molecular weight is 462 g/mol. The molecule has 7 nitrogen and oxygen atoms in total. The number of fused-ring (bicyclic) bond motifs is 1. The van der Waals surface area contributed by atoms with Gasteiger partial charge in [-0.25, -0.2) is 13.4 Å². The first-order valence-electron chi connectivity index (χ1n) is 11.1. The van der Waals surface area contributed by atoms with Crippen molar-refractivity contribution >= 4 is 32.4 Å². The molecule has 0 bridgehead atoms. The molecular weight excluding hydrogens is 434 g/mol. The lowest BCUT2D eigenvalue weighted by Crippen LogP contribution is -2.46. The molecule has 0 aliphatic carbocycles. The summed E-state index contributed by atoms with van der Waals surface area (Å²) in [6.07, 6.45) is 0. The van der Waals surface area contributed by atoms with Crippen LogP contribution < -0.4 is 9.62 Å². The Labute approximate surface area is 194 Å². The molecule has 2 heterocycles. The highest BCUT2D eigenvalue weighted by atomic mass is 32.2. The number of benzene rings is 3. The number of imidazole rings is 1. The summed E-state index contributed by atoms with van der Waals surface area (Å²) < 4.78 is 30.6. The van der Waals surface area contributed by atoms with E-state index in [4.69, 9.17) is 4.98 Å². The van der Waals surface area contributed by atoms with Gasteiger partial charge in [0.1, 0.15) is 5.82 Å². The largest absolute Gasteiger partial charge is 0.367 e. The van der Waals surface area contributed by atoms with Gasteiger partial charge in [0.2, 0.25) is 0 Å². The fraction of sp³-hybridized carbons (Fsp3) is 0.240. The van der Waals surface area contributed by atoms with Gasteiger partial charge in [-0.3, -0.25) is 9.62 Å². The van der Waals surface area contributed by atoms with Crippen molar-refractivity contribution in [1.29, 1.82) is 0 Å². The quantitative estimate of drug-likeness (QED) is 0.474. The van der Waals surface area contributed by atoms with Gasteiger partial charge in [-0.1, -0.05) is 42.5 Å². The molecule has 170 valence electrons. The zero-order valence-electron chi connectivity index (χ0n) is 18.6. The minimum atomic E-state index is -3.64. The van der Waals surface area contributed by atoms with Gasteiger partial charge in [-0.05, 0) is 36.4 Å². The summed E-state index contributed by atoms with van der Waals surface area (Å²) in [5, 5.41) is 0. The van der Waals surface area contributed by atoms with Crippen LogP contribution in [0.1, 0.15) is 5.82 Å². The highest BCUT2D eigenvalue weighted by Gasteiger charge is 2.23. The molecule has 0 amide bonds. The normalized spacial score (nSPS) is 15.1. The van der Waals surface area contributed by atoms with Crippen LogP contribution in [0.4, 0.5) is 11.4 Å². The number of hydrogen-bond acceptors (Lipinski definition) is 5. The highest BCUT2D eigenvalue weighted by molar-refractivity contribution is 7.92. The second-order valence-electron chi connectivity index (χ2n) is 8.27. The van der Waals surface area contributed by atoms with Gasteiger partial charge in [-0.2, -0.15) is 0 Å². The van der Waals surface area contributed by atoms with Crippen molar-refractivity contribution in [3.8, 4) is 0 Å². The second kappa shape index (κ2) is 8.88. The van der Waals surface area contributed by atoms with Gasteiger partial charge in [0.25, 0.3) is 10.0 Å². The maximum Gasteiger partial charge on any atom is 0.261 e. The van der Waals surface area contributed by atoms with Gasteiger partial charge in [-0.15, -0.1) is 0 Å². The van der Waals surface area contributed by atoms with Crippen molar-refractivity contribution in [2.45, 2.75) is 11.4 Å². The molecule has 1 N–H and O–H groups in total. The van der Waals surface area contributed by atoms with Crippen molar-refractivity contribution in [3.63, 3.8) is 0 Å². The van der Waals surface area contributed by atoms with Crippen LogP contribution in [0, 0.1) is 0 Å². The number of sulfonamides is 1. The van der Waals surface area contributed by atoms with Crippen LogP contribution >= 0.6 is 0 Å². The summed E-state index contributed by atoms with van der Waals surface area (Å²) >= 11 is 0. The molecule has 1 fully saturated rings. The number of aromatic nitrogens is 2. The zero-order valence-corrected chi connectivity index (χ0v) is 19.4. The summed E-state index contributed by atoms with van der Waals surface area (Å²) in [6, 6.07) is 24.3. The van der Waals surface area contributed by atoms with E-state index >= 15 is 0 Å². The molecule has 0 radical (unpaired) electrons. The number of aryl methyl sites for hydroxylation is 1. The lowest BCUT2D eigenvalue weighted by atomic mass is 10.2. The third kappa shape index (κ3) is 4.44. The number of para-hydroxylation sites is 4. The third-order valence-electron chi connectivity index (χ3n) is 6.16. The summed E-state index contributed by atoms with van der Waals surface area (Å²) in [4.78, 5) is 9.70. The Kier molecular flexibility index (Phi) is 5.78. The minimum absolute atomic E-state index is 0.257. The lowest BCUT2D eigenvalue weighted by molar-refractivity contribution is 0.242. The van der Waals surface area contributed by atoms with E-state index in [-0.39, 0.29) is 4.90 Å². The van der Waals surface area contributed by atoms with E-state index in [1.165, 1.54) is 0 Å². The SMILES string of the molecule is Cn1c(CN2CCN(c3ccccc3NS(=O)(=O)c3ccccc3)CC2)nc2ccccc21. The predicted octanol–water partition coefficient (Wildman–Crippen LogP) is 3.70. The molecule has 0 unspecified atom stereocenters. The Balaban J connectivity index is 1.28. The van der Waals surface area contributed by atoms with E-state index in [0.29, 0.717) is 5.69 Å². The van der Waals surface area contributed by atoms with Crippen LogP contribution in [0.5, 0.6) is 0 Å². The van der Waals surface area contributed by atoms with Gasteiger partial charge < -0.3 is 9.47 Å². The van der Waals surface area contributed by atoms with Gasteiger partial charge in [0.05, 0.1) is 33.8 Å². The number of hydrogen-bond donors (Lipinski definition) is 1. The molecule has 8 heteroatoms. The maximum absolute atomic E-state index is 12.9. The smallest absolute Gasteiger partial charge is 0.261 e. The molecule has 0 atom stereocenters. The van der Waals surface area contributed by atoms with Crippen LogP contribution in [0.2, 0.25) is 0 Å². The first-order chi connectivity index (χ1) is 16.0. The Morgan fingerprint density at radius 1 is 0.848 bits per heavy atom. The lowest BCUT2D eigenvalue weighted by Gasteiger charge is -2.36. The third-order valence-corrected chi connectivity index (χ3v) is 7.54. The standard InChI is InChI=1S/C25H27N5O2S/c1-28-23-13-7-5-11-21(23)26-25(28)19-29-15-17-30(18-16-29)24-14-8-6-12-22(24)27-33(31,32)20-9-3-2-4-10-20/h2-14,27H,15-19H2,1H3. The van der Waals surface area contributed by atoms with Crippen LogP contribution in [0.25, 0.3) is 11.0 Å². The maximum atomic E-state index is 12.9. The molecule has 33 heavy (non-hydrogen) atoms. The summed E-state index contributed by atoms with van der Waals surface area (Å²) in [5.74, 6) is 1.06. The fourth-order valence-corrected chi connectivity index (χ4v) is 5.42. The van der Waals surface area contributed by atoms with E-state index in [2.05, 4.69) is 32.2 Å². The number of nitrogens with zero attached hydrogens (tertiary/aromatic N) is 4. The first kappa shape index (κ1) is 21.5. The molecule has 5 rings (SSSR count). The van der Waals surface area contributed by atoms with Gasteiger partial charge in [0, 0.05) is 33.2 Å². The Morgan fingerprint density at radius 2 is 1.52 bits per heavy atom.